The normalized spacial score (nSPS) is 11.1. The van der Waals surface area contributed by atoms with Gasteiger partial charge in [0, 0.05) is 35.4 Å². The largest absolute Gasteiger partial charge is 0.451 e. The Labute approximate surface area is 193 Å². The van der Waals surface area contributed by atoms with E-state index in [-0.39, 0.29) is 24.6 Å². The quantitative estimate of drug-likeness (QED) is 0.377. The Balaban J connectivity index is 1.73. The number of benzene rings is 2. The molecule has 2 amide bonds. The summed E-state index contributed by atoms with van der Waals surface area (Å²) in [5.41, 5.74) is 8.50. The molecule has 2 heterocycles. The smallest absolute Gasteiger partial charge is 0.294 e. The van der Waals surface area contributed by atoms with Crippen molar-refractivity contribution in [2.24, 2.45) is 5.73 Å². The van der Waals surface area contributed by atoms with Crippen molar-refractivity contribution in [3.8, 4) is 0 Å². The van der Waals surface area contributed by atoms with Crippen molar-refractivity contribution in [3.63, 3.8) is 0 Å². The molecule has 0 bridgehead atoms. The van der Waals surface area contributed by atoms with Crippen LogP contribution < -0.4 is 10.6 Å². The van der Waals surface area contributed by atoms with Crippen molar-refractivity contribution in [1.29, 1.82) is 0 Å². The van der Waals surface area contributed by atoms with Gasteiger partial charge < -0.3 is 15.1 Å². The lowest BCUT2D eigenvalue weighted by Gasteiger charge is -2.22. The van der Waals surface area contributed by atoms with Gasteiger partial charge in [-0.05, 0) is 37.6 Å². The van der Waals surface area contributed by atoms with Gasteiger partial charge in [-0.2, -0.15) is 0 Å². The molecule has 164 valence electrons. The maximum absolute atomic E-state index is 13.7. The number of amides is 2. The Morgan fingerprint density at radius 3 is 2.66 bits per heavy atom. The lowest BCUT2D eigenvalue weighted by molar-refractivity contribution is -0.117. The molecule has 0 aliphatic rings. The van der Waals surface area contributed by atoms with E-state index in [1.807, 2.05) is 62.4 Å². The van der Waals surface area contributed by atoms with Crippen molar-refractivity contribution >= 4 is 51.6 Å². The van der Waals surface area contributed by atoms with Crippen molar-refractivity contribution in [2.75, 3.05) is 11.4 Å². The van der Waals surface area contributed by atoms with Crippen molar-refractivity contribution < 1.29 is 14.0 Å². The van der Waals surface area contributed by atoms with E-state index in [1.165, 1.54) is 23.1 Å². The maximum atomic E-state index is 13.7. The van der Waals surface area contributed by atoms with Crippen LogP contribution in [0.15, 0.2) is 57.3 Å². The van der Waals surface area contributed by atoms with Gasteiger partial charge in [0.25, 0.3) is 5.91 Å². The molecule has 0 aliphatic carbocycles. The third kappa shape index (κ3) is 4.84. The summed E-state index contributed by atoms with van der Waals surface area (Å²) in [6.45, 7) is 4.02. The molecule has 0 saturated heterocycles. The summed E-state index contributed by atoms with van der Waals surface area (Å²) in [5, 5.41) is 9.99. The predicted octanol–water partition coefficient (Wildman–Crippen LogP) is 4.72. The first-order valence-corrected chi connectivity index (χ1v) is 11.8. The topological polar surface area (TPSA) is 102 Å². The van der Waals surface area contributed by atoms with Gasteiger partial charge in [-0.1, -0.05) is 53.4 Å². The van der Waals surface area contributed by atoms with Crippen LogP contribution >= 0.6 is 23.1 Å². The average Bonchev–Trinajstić information content (AvgIpc) is 3.35. The number of nitrogens with two attached hydrogens (primary N) is 1. The summed E-state index contributed by atoms with van der Waals surface area (Å²) in [5.74, 6) is -0.0185. The fourth-order valence-electron chi connectivity index (χ4n) is 3.37. The monoisotopic (exact) mass is 466 g/mol. The van der Waals surface area contributed by atoms with Crippen LogP contribution in [0.2, 0.25) is 0 Å². The number of hydrogen-bond acceptors (Lipinski definition) is 7. The minimum Gasteiger partial charge on any atom is -0.451 e. The van der Waals surface area contributed by atoms with Crippen LogP contribution in [0.4, 0.5) is 5.69 Å². The molecule has 4 aromatic rings. The van der Waals surface area contributed by atoms with Gasteiger partial charge in [0.15, 0.2) is 10.1 Å². The fourth-order valence-corrected chi connectivity index (χ4v) is 5.22. The number of para-hydroxylation sites is 1. The van der Waals surface area contributed by atoms with Crippen LogP contribution in [0.3, 0.4) is 0 Å². The van der Waals surface area contributed by atoms with E-state index >= 15 is 0 Å². The highest BCUT2D eigenvalue weighted by Crippen LogP contribution is 2.34. The fraction of sp³-hybridized carbons (Fsp3) is 0.217. The molecule has 2 aromatic carbocycles. The number of carbonyl (C=O) groups excluding carboxylic acids is 2. The van der Waals surface area contributed by atoms with Gasteiger partial charge in [-0.25, -0.2) is 0 Å². The number of carbonyl (C=O) groups is 2. The van der Waals surface area contributed by atoms with Crippen LogP contribution in [0.5, 0.6) is 0 Å². The van der Waals surface area contributed by atoms with E-state index in [1.54, 1.807) is 4.90 Å². The average molecular weight is 467 g/mol. The van der Waals surface area contributed by atoms with Crippen molar-refractivity contribution in [3.05, 3.63) is 70.4 Å². The van der Waals surface area contributed by atoms with Gasteiger partial charge in [0.2, 0.25) is 5.91 Å². The third-order valence-electron chi connectivity index (χ3n) is 4.88. The zero-order valence-electron chi connectivity index (χ0n) is 17.7. The summed E-state index contributed by atoms with van der Waals surface area (Å²) in [6, 6.07) is 15.1. The van der Waals surface area contributed by atoms with Crippen molar-refractivity contribution in [2.45, 2.75) is 30.4 Å². The summed E-state index contributed by atoms with van der Waals surface area (Å²) in [4.78, 5) is 26.8. The molecule has 2 aromatic heterocycles. The van der Waals surface area contributed by atoms with Gasteiger partial charge in [-0.15, -0.1) is 10.2 Å². The molecule has 0 saturated carbocycles. The van der Waals surface area contributed by atoms with Crippen molar-refractivity contribution in [1.82, 2.24) is 10.2 Å². The molecule has 0 unspecified atom stereocenters. The Bertz CT molecular complexity index is 1280. The molecule has 9 heteroatoms. The van der Waals surface area contributed by atoms with Gasteiger partial charge >= 0.3 is 0 Å². The number of thioether (sulfide) groups is 1. The zero-order chi connectivity index (χ0) is 22.7. The number of furan rings is 1. The van der Waals surface area contributed by atoms with E-state index in [0.29, 0.717) is 17.0 Å². The first kappa shape index (κ1) is 22.0. The predicted molar refractivity (Wildman–Crippen MR) is 127 cm³/mol. The van der Waals surface area contributed by atoms with Crippen LogP contribution in [0, 0.1) is 13.8 Å². The van der Waals surface area contributed by atoms with E-state index in [9.17, 15) is 9.59 Å². The summed E-state index contributed by atoms with van der Waals surface area (Å²) in [6.07, 6.45) is 0.0497. The first-order valence-electron chi connectivity index (χ1n) is 10.0. The Hall–Kier alpha value is -3.17. The molecule has 0 radical (unpaired) electrons. The van der Waals surface area contributed by atoms with Crippen LogP contribution in [-0.2, 0) is 10.5 Å². The second-order valence-corrected chi connectivity index (χ2v) is 9.70. The lowest BCUT2D eigenvalue weighted by atomic mass is 10.1. The number of hydrogen-bond donors (Lipinski definition) is 1. The molecule has 4 rings (SSSR count). The lowest BCUT2D eigenvalue weighted by Crippen LogP contribution is -2.34. The molecule has 0 spiro atoms. The van der Waals surface area contributed by atoms with Gasteiger partial charge in [0.1, 0.15) is 10.6 Å². The number of fused-ring (bicyclic) bond motifs is 1. The molecule has 0 atom stereocenters. The number of nitrogens with zero attached hydrogens (tertiary/aromatic N) is 3. The molecule has 0 aliphatic heterocycles. The standard InChI is InChI=1S/C23H22N4O3S2/c1-14-6-5-7-16(12-14)27(11-10-20(24)28)22(29)21-18(13-31-23-26-25-15(2)32-23)17-8-3-4-9-19(17)30-21/h3-9,12H,10-11,13H2,1-2H3,(H2,24,28). The Morgan fingerprint density at radius 2 is 1.94 bits per heavy atom. The number of aryl methyl sites for hydroxylation is 2. The van der Waals surface area contributed by atoms with E-state index in [4.69, 9.17) is 10.2 Å². The van der Waals surface area contributed by atoms with Gasteiger partial charge in [-0.3, -0.25) is 9.59 Å². The third-order valence-corrected chi connectivity index (χ3v) is 6.88. The van der Waals surface area contributed by atoms with E-state index < -0.39 is 5.91 Å². The molecule has 2 N–H and O–H groups in total. The molecular weight excluding hydrogens is 444 g/mol. The number of primary amides is 1. The van der Waals surface area contributed by atoms with Crippen LogP contribution in [-0.4, -0.2) is 28.6 Å². The highest BCUT2D eigenvalue weighted by molar-refractivity contribution is 8.00. The number of anilines is 1. The van der Waals surface area contributed by atoms with Crippen LogP contribution in [0.1, 0.15) is 33.1 Å². The van der Waals surface area contributed by atoms with E-state index in [0.717, 1.165) is 25.9 Å². The summed E-state index contributed by atoms with van der Waals surface area (Å²) in [7, 11) is 0. The maximum Gasteiger partial charge on any atom is 0.294 e. The van der Waals surface area contributed by atoms with E-state index in [2.05, 4.69) is 10.2 Å². The minimum atomic E-state index is -0.470. The Kier molecular flexibility index (Phi) is 6.57. The highest BCUT2D eigenvalue weighted by atomic mass is 32.2. The summed E-state index contributed by atoms with van der Waals surface area (Å²) >= 11 is 3.02. The van der Waals surface area contributed by atoms with Crippen LogP contribution in [0.25, 0.3) is 11.0 Å². The Morgan fingerprint density at radius 1 is 1.12 bits per heavy atom. The second-order valence-electron chi connectivity index (χ2n) is 7.29. The molecular formula is C23H22N4O3S2. The molecule has 7 nitrogen and oxygen atoms in total. The number of aromatic nitrogens is 2. The molecule has 32 heavy (non-hydrogen) atoms. The summed E-state index contributed by atoms with van der Waals surface area (Å²) < 4.78 is 6.87. The SMILES string of the molecule is Cc1cccc(N(CCC(N)=O)C(=O)c2oc3ccccc3c2CSc2nnc(C)s2)c1. The highest BCUT2D eigenvalue weighted by Gasteiger charge is 2.27. The zero-order valence-corrected chi connectivity index (χ0v) is 19.3. The second kappa shape index (κ2) is 9.54. The minimum absolute atomic E-state index is 0.0497. The molecule has 0 fully saturated rings. The number of rotatable bonds is 8. The van der Waals surface area contributed by atoms with Gasteiger partial charge in [0.05, 0.1) is 0 Å². The first-order chi connectivity index (χ1) is 15.4.